The number of rotatable bonds is 3. The van der Waals surface area contributed by atoms with Crippen LogP contribution < -0.4 is 0 Å². The summed E-state index contributed by atoms with van der Waals surface area (Å²) in [7, 11) is 0. The van der Waals surface area contributed by atoms with E-state index in [1.165, 1.54) is 19.2 Å². The molecule has 0 bridgehead atoms. The topological polar surface area (TPSA) is 55.5 Å². The van der Waals surface area contributed by atoms with Crippen LogP contribution in [-0.2, 0) is 0 Å². The molecule has 0 radical (unpaired) electrons. The summed E-state index contributed by atoms with van der Waals surface area (Å²) in [6.45, 7) is 4.46. The fourth-order valence-electron chi connectivity index (χ4n) is 0.326. The summed E-state index contributed by atoms with van der Waals surface area (Å²) in [5.74, 6) is 0. The summed E-state index contributed by atoms with van der Waals surface area (Å²) < 4.78 is 0. The van der Waals surface area contributed by atoms with Crippen LogP contribution in [0, 0.1) is 10.1 Å². The van der Waals surface area contributed by atoms with Gasteiger partial charge in [0, 0.05) is 13.1 Å². The maximum absolute atomic E-state index is 10.1. The Kier molecular flexibility index (Phi) is 4.14. The molecule has 0 saturated carbocycles. The third-order valence-corrected chi connectivity index (χ3v) is 1.35. The first-order valence-electron chi connectivity index (χ1n) is 2.72. The predicted octanol–water partition coefficient (Wildman–Crippen LogP) is 1.95. The molecular weight excluding hydrogens is 168 g/mol. The predicted molar refractivity (Wildman–Crippen MR) is 44.2 cm³/mol. The molecule has 0 aliphatic heterocycles. The molecule has 4 nitrogen and oxygen atoms in total. The molecule has 0 rings (SSSR count). The Morgan fingerprint density at radius 2 is 2.36 bits per heavy atom. The molecule has 0 aromatic heterocycles. The lowest BCUT2D eigenvalue weighted by Gasteiger charge is -1.89. The van der Waals surface area contributed by atoms with Crippen LogP contribution in [0.3, 0.4) is 0 Å². The number of hydrogen-bond acceptors (Lipinski definition) is 3. The number of nitrogens with zero attached hydrogens (tertiary/aromatic N) is 2. The van der Waals surface area contributed by atoms with Gasteiger partial charge in [-0.3, -0.25) is 15.1 Å². The minimum Gasteiger partial charge on any atom is -0.272 e. The average molecular weight is 175 g/mol. The zero-order chi connectivity index (χ0) is 8.85. The van der Waals surface area contributed by atoms with Crippen molar-refractivity contribution in [2.24, 2.45) is 4.99 Å². The molecule has 11 heavy (non-hydrogen) atoms. The average Bonchev–Trinajstić information content (AvgIpc) is 1.98. The lowest BCUT2D eigenvalue weighted by Crippen LogP contribution is -1.94. The summed E-state index contributed by atoms with van der Waals surface area (Å²) in [5.41, 5.74) is -0.105. The number of hydrogen-bond donors (Lipinski definition) is 0. The molecule has 0 aliphatic carbocycles. The molecule has 0 unspecified atom stereocenters. The van der Waals surface area contributed by atoms with Crippen LogP contribution in [0.25, 0.3) is 0 Å². The van der Waals surface area contributed by atoms with E-state index in [-0.39, 0.29) is 10.7 Å². The normalized spacial score (nSPS) is 12.9. The minimum atomic E-state index is -0.560. The second kappa shape index (κ2) is 4.62. The van der Waals surface area contributed by atoms with Crippen molar-refractivity contribution in [1.29, 1.82) is 0 Å². The van der Waals surface area contributed by atoms with E-state index in [2.05, 4.69) is 11.7 Å². The largest absolute Gasteiger partial charge is 0.272 e. The second-order valence-electron chi connectivity index (χ2n) is 1.69. The van der Waals surface area contributed by atoms with Crippen molar-refractivity contribution in [2.45, 2.75) is 6.92 Å². The van der Waals surface area contributed by atoms with Gasteiger partial charge >= 0.3 is 0 Å². The van der Waals surface area contributed by atoms with Gasteiger partial charge in [0.05, 0.1) is 4.92 Å². The van der Waals surface area contributed by atoms with E-state index in [0.29, 0.717) is 0 Å². The van der Waals surface area contributed by atoms with Crippen LogP contribution in [-0.4, -0.2) is 11.6 Å². The van der Waals surface area contributed by atoms with E-state index in [0.717, 1.165) is 0 Å². The van der Waals surface area contributed by atoms with Gasteiger partial charge < -0.3 is 0 Å². The van der Waals surface area contributed by atoms with Crippen molar-refractivity contribution in [3.63, 3.8) is 0 Å². The summed E-state index contributed by atoms with van der Waals surface area (Å²) >= 11 is 5.47. The summed E-state index contributed by atoms with van der Waals surface area (Å²) in [6.07, 6.45) is 2.60. The highest BCUT2D eigenvalue weighted by molar-refractivity contribution is 6.31. The smallest absolute Gasteiger partial charge is 0.261 e. The molecule has 0 aromatic rings. The second-order valence-corrected chi connectivity index (χ2v) is 2.10. The molecule has 5 heteroatoms. The van der Waals surface area contributed by atoms with Gasteiger partial charge in [0.1, 0.15) is 5.03 Å². The van der Waals surface area contributed by atoms with E-state index < -0.39 is 4.92 Å². The quantitative estimate of drug-likeness (QED) is 0.284. The van der Waals surface area contributed by atoms with E-state index in [1.54, 1.807) is 0 Å². The van der Waals surface area contributed by atoms with Crippen molar-refractivity contribution >= 4 is 18.3 Å². The van der Waals surface area contributed by atoms with Crippen molar-refractivity contribution in [2.75, 3.05) is 0 Å². The van der Waals surface area contributed by atoms with Crippen molar-refractivity contribution in [1.82, 2.24) is 0 Å². The number of allylic oxidation sites excluding steroid dienone is 3. The molecular formula is C6H7ClN2O2. The van der Waals surface area contributed by atoms with Crippen molar-refractivity contribution in [3.8, 4) is 0 Å². The monoisotopic (exact) mass is 174 g/mol. The third-order valence-electron chi connectivity index (χ3n) is 0.946. The molecule has 0 spiro atoms. The van der Waals surface area contributed by atoms with Gasteiger partial charge in [0.15, 0.2) is 0 Å². The number of aliphatic imine (C=N–C) groups is 1. The van der Waals surface area contributed by atoms with Gasteiger partial charge in [-0.15, -0.1) is 0 Å². The van der Waals surface area contributed by atoms with E-state index in [9.17, 15) is 10.1 Å². The van der Waals surface area contributed by atoms with Crippen LogP contribution in [0.1, 0.15) is 6.92 Å². The molecule has 0 atom stereocenters. The highest BCUT2D eigenvalue weighted by atomic mass is 35.5. The Morgan fingerprint density at radius 3 is 2.73 bits per heavy atom. The van der Waals surface area contributed by atoms with Gasteiger partial charge in [-0.25, -0.2) is 0 Å². The summed E-state index contributed by atoms with van der Waals surface area (Å²) in [4.78, 5) is 12.9. The molecule has 0 heterocycles. The molecule has 0 aromatic carbocycles. The molecule has 0 amide bonds. The SMILES string of the molecule is C=N/C=C\C(Cl)=C(/C)[N+](=O)[O-]. The Balaban J connectivity index is 4.52. The zero-order valence-electron chi connectivity index (χ0n) is 5.95. The molecule has 0 N–H and O–H groups in total. The summed E-state index contributed by atoms with van der Waals surface area (Å²) in [5, 5.41) is 10.1. The van der Waals surface area contributed by atoms with Crippen molar-refractivity contribution < 1.29 is 4.92 Å². The Bertz CT molecular complexity index is 233. The van der Waals surface area contributed by atoms with E-state index in [1.807, 2.05) is 0 Å². The van der Waals surface area contributed by atoms with Crippen LogP contribution in [0.15, 0.2) is 28.0 Å². The van der Waals surface area contributed by atoms with Gasteiger partial charge in [-0.2, -0.15) is 0 Å². The lowest BCUT2D eigenvalue weighted by molar-refractivity contribution is -0.424. The first-order chi connectivity index (χ1) is 5.09. The van der Waals surface area contributed by atoms with Gasteiger partial charge in [-0.1, -0.05) is 11.6 Å². The fraction of sp³-hybridized carbons (Fsp3) is 0.167. The van der Waals surface area contributed by atoms with Crippen molar-refractivity contribution in [3.05, 3.63) is 33.1 Å². The maximum Gasteiger partial charge on any atom is 0.261 e. The number of nitro groups is 1. The maximum atomic E-state index is 10.1. The van der Waals surface area contributed by atoms with Gasteiger partial charge in [0.2, 0.25) is 0 Å². The Labute approximate surface area is 69.0 Å². The zero-order valence-corrected chi connectivity index (χ0v) is 6.71. The Hall–Kier alpha value is -1.16. The van der Waals surface area contributed by atoms with Crippen LogP contribution in [0.5, 0.6) is 0 Å². The number of halogens is 1. The standard InChI is InChI=1S/C6H7ClN2O2/c1-5(9(10)11)6(7)3-4-8-2/h3-4H,2H2,1H3/b4-3-,6-5-. The summed E-state index contributed by atoms with van der Waals surface area (Å²) in [6, 6.07) is 0. The highest BCUT2D eigenvalue weighted by Gasteiger charge is 2.06. The molecule has 0 saturated heterocycles. The minimum absolute atomic E-state index is 0.0578. The molecule has 0 aliphatic rings. The molecule has 60 valence electrons. The van der Waals surface area contributed by atoms with Gasteiger partial charge in [0.25, 0.3) is 5.70 Å². The first kappa shape index (κ1) is 9.84. The van der Waals surface area contributed by atoms with Crippen LogP contribution in [0.2, 0.25) is 0 Å². The van der Waals surface area contributed by atoms with E-state index in [4.69, 9.17) is 11.6 Å². The Morgan fingerprint density at radius 1 is 1.82 bits per heavy atom. The highest BCUT2D eigenvalue weighted by Crippen LogP contribution is 2.10. The molecule has 0 fully saturated rings. The van der Waals surface area contributed by atoms with E-state index >= 15 is 0 Å². The fourth-order valence-corrected chi connectivity index (χ4v) is 0.451. The van der Waals surface area contributed by atoms with Gasteiger partial charge in [-0.05, 0) is 12.8 Å². The van der Waals surface area contributed by atoms with Crippen LogP contribution >= 0.6 is 11.6 Å². The third kappa shape index (κ3) is 3.52. The lowest BCUT2D eigenvalue weighted by atomic mass is 10.4. The van der Waals surface area contributed by atoms with Crippen LogP contribution in [0.4, 0.5) is 0 Å². The first-order valence-corrected chi connectivity index (χ1v) is 3.10.